The van der Waals surface area contributed by atoms with E-state index in [0.29, 0.717) is 12.2 Å². The molecular weight excluding hydrogens is 344 g/mol. The number of carbonyl (C=O) groups excluding carboxylic acids is 3. The Kier molecular flexibility index (Phi) is 7.55. The van der Waals surface area contributed by atoms with Gasteiger partial charge in [0.15, 0.2) is 6.61 Å². The maximum Gasteiger partial charge on any atom is 0.310 e. The topological polar surface area (TPSA) is 84.5 Å². The lowest BCUT2D eigenvalue weighted by molar-refractivity contribution is -0.147. The molecular formula is C21H24N2O4. The molecule has 0 aliphatic heterocycles. The summed E-state index contributed by atoms with van der Waals surface area (Å²) < 4.78 is 5.01. The SMILES string of the molecule is CC(=O)Nc1ccc(CC(=O)OCC(=O)NCCc2ccccc2C)cc1. The Morgan fingerprint density at radius 3 is 2.37 bits per heavy atom. The van der Waals surface area contributed by atoms with Crippen LogP contribution in [0.3, 0.4) is 0 Å². The summed E-state index contributed by atoms with van der Waals surface area (Å²) in [4.78, 5) is 34.6. The molecule has 0 atom stereocenters. The maximum absolute atomic E-state index is 11.8. The van der Waals surface area contributed by atoms with Crippen molar-refractivity contribution in [1.82, 2.24) is 5.32 Å². The first-order valence-corrected chi connectivity index (χ1v) is 8.77. The van der Waals surface area contributed by atoms with Gasteiger partial charge in [0.05, 0.1) is 6.42 Å². The number of nitrogens with one attached hydrogen (secondary N) is 2. The fourth-order valence-electron chi connectivity index (χ4n) is 2.55. The smallest absolute Gasteiger partial charge is 0.310 e. The Hall–Kier alpha value is -3.15. The van der Waals surface area contributed by atoms with Crippen molar-refractivity contribution in [1.29, 1.82) is 0 Å². The minimum absolute atomic E-state index is 0.0663. The van der Waals surface area contributed by atoms with E-state index in [1.54, 1.807) is 24.3 Å². The molecule has 0 bridgehead atoms. The highest BCUT2D eigenvalue weighted by Crippen LogP contribution is 2.10. The van der Waals surface area contributed by atoms with Crippen molar-refractivity contribution in [2.75, 3.05) is 18.5 Å². The van der Waals surface area contributed by atoms with Crippen molar-refractivity contribution in [2.45, 2.75) is 26.7 Å². The van der Waals surface area contributed by atoms with E-state index in [-0.39, 0.29) is 24.8 Å². The van der Waals surface area contributed by atoms with Crippen LogP contribution in [0.1, 0.15) is 23.6 Å². The molecule has 6 heteroatoms. The van der Waals surface area contributed by atoms with E-state index in [1.165, 1.54) is 18.1 Å². The number of hydrogen-bond acceptors (Lipinski definition) is 4. The van der Waals surface area contributed by atoms with Crippen LogP contribution in [0.5, 0.6) is 0 Å². The normalized spacial score (nSPS) is 10.1. The molecule has 0 heterocycles. The van der Waals surface area contributed by atoms with E-state index >= 15 is 0 Å². The molecule has 0 saturated heterocycles. The molecule has 0 aliphatic rings. The predicted octanol–water partition coefficient (Wildman–Crippen LogP) is 2.40. The third-order valence-corrected chi connectivity index (χ3v) is 3.96. The van der Waals surface area contributed by atoms with Gasteiger partial charge in [0, 0.05) is 19.2 Å². The quantitative estimate of drug-likeness (QED) is 0.701. The number of aryl methyl sites for hydroxylation is 1. The van der Waals surface area contributed by atoms with Crippen LogP contribution in [0.15, 0.2) is 48.5 Å². The number of esters is 1. The van der Waals surface area contributed by atoms with Crippen LogP contribution < -0.4 is 10.6 Å². The number of ether oxygens (including phenoxy) is 1. The highest BCUT2D eigenvalue weighted by atomic mass is 16.5. The van der Waals surface area contributed by atoms with Crippen molar-refractivity contribution in [2.24, 2.45) is 0 Å². The Balaban J connectivity index is 1.68. The number of amides is 2. The highest BCUT2D eigenvalue weighted by Gasteiger charge is 2.09. The van der Waals surface area contributed by atoms with Gasteiger partial charge in [-0.15, -0.1) is 0 Å². The van der Waals surface area contributed by atoms with Gasteiger partial charge in [-0.25, -0.2) is 0 Å². The lowest BCUT2D eigenvalue weighted by Gasteiger charge is -2.08. The minimum atomic E-state index is -0.476. The zero-order valence-corrected chi connectivity index (χ0v) is 15.6. The van der Waals surface area contributed by atoms with Gasteiger partial charge in [0.25, 0.3) is 5.91 Å². The number of hydrogen-bond donors (Lipinski definition) is 2. The maximum atomic E-state index is 11.8. The van der Waals surface area contributed by atoms with Crippen molar-refractivity contribution in [3.8, 4) is 0 Å². The van der Waals surface area contributed by atoms with Crippen molar-refractivity contribution >= 4 is 23.5 Å². The first kappa shape index (κ1) is 20.2. The molecule has 2 N–H and O–H groups in total. The first-order valence-electron chi connectivity index (χ1n) is 8.77. The third kappa shape index (κ3) is 7.32. The summed E-state index contributed by atoms with van der Waals surface area (Å²) >= 11 is 0. The summed E-state index contributed by atoms with van der Waals surface area (Å²) in [6.45, 7) is 3.65. The number of anilines is 1. The van der Waals surface area contributed by atoms with Crippen LogP contribution >= 0.6 is 0 Å². The van der Waals surface area contributed by atoms with E-state index in [0.717, 1.165) is 12.0 Å². The second kappa shape index (κ2) is 10.1. The largest absolute Gasteiger partial charge is 0.455 e. The molecule has 2 aromatic carbocycles. The molecule has 0 saturated carbocycles. The third-order valence-electron chi connectivity index (χ3n) is 3.96. The number of carbonyl (C=O) groups is 3. The van der Waals surface area contributed by atoms with Crippen LogP contribution in [-0.2, 0) is 32.0 Å². The van der Waals surface area contributed by atoms with E-state index in [2.05, 4.69) is 10.6 Å². The lowest BCUT2D eigenvalue weighted by Crippen LogP contribution is -2.30. The molecule has 0 spiro atoms. The summed E-state index contributed by atoms with van der Waals surface area (Å²) in [5, 5.41) is 5.40. The molecule has 0 aliphatic carbocycles. The molecule has 2 aromatic rings. The van der Waals surface area contributed by atoms with Gasteiger partial charge in [-0.05, 0) is 42.2 Å². The molecule has 2 rings (SSSR count). The summed E-state index contributed by atoms with van der Waals surface area (Å²) in [6.07, 6.45) is 0.795. The number of benzene rings is 2. The Bertz CT molecular complexity index is 800. The van der Waals surface area contributed by atoms with Gasteiger partial charge < -0.3 is 15.4 Å². The zero-order valence-electron chi connectivity index (χ0n) is 15.6. The average Bonchev–Trinajstić information content (AvgIpc) is 2.63. The van der Waals surface area contributed by atoms with Gasteiger partial charge in [-0.1, -0.05) is 36.4 Å². The van der Waals surface area contributed by atoms with E-state index < -0.39 is 5.97 Å². The molecule has 0 radical (unpaired) electrons. The highest BCUT2D eigenvalue weighted by molar-refractivity contribution is 5.88. The fraction of sp³-hybridized carbons (Fsp3) is 0.286. The van der Waals surface area contributed by atoms with Crippen LogP contribution in [0.2, 0.25) is 0 Å². The minimum Gasteiger partial charge on any atom is -0.455 e. The van der Waals surface area contributed by atoms with E-state index in [4.69, 9.17) is 4.74 Å². The second-order valence-corrected chi connectivity index (χ2v) is 6.24. The molecule has 0 aromatic heterocycles. The van der Waals surface area contributed by atoms with E-state index in [9.17, 15) is 14.4 Å². The summed E-state index contributed by atoms with van der Waals surface area (Å²) in [6, 6.07) is 14.9. The van der Waals surface area contributed by atoms with Crippen molar-refractivity contribution in [3.05, 3.63) is 65.2 Å². The predicted molar refractivity (Wildman–Crippen MR) is 103 cm³/mol. The zero-order chi connectivity index (χ0) is 19.6. The first-order chi connectivity index (χ1) is 12.9. The molecule has 6 nitrogen and oxygen atoms in total. The Morgan fingerprint density at radius 1 is 1.00 bits per heavy atom. The van der Waals surface area contributed by atoms with Crippen molar-refractivity contribution in [3.63, 3.8) is 0 Å². The average molecular weight is 368 g/mol. The van der Waals surface area contributed by atoms with Gasteiger partial charge in [-0.2, -0.15) is 0 Å². The van der Waals surface area contributed by atoms with Gasteiger partial charge in [-0.3, -0.25) is 14.4 Å². The van der Waals surface area contributed by atoms with Crippen LogP contribution in [0.4, 0.5) is 5.69 Å². The van der Waals surface area contributed by atoms with E-state index in [1.807, 2.05) is 31.2 Å². The van der Waals surface area contributed by atoms with Gasteiger partial charge >= 0.3 is 5.97 Å². The standard InChI is InChI=1S/C21H24N2O4/c1-15-5-3-4-6-18(15)11-12-22-20(25)14-27-21(26)13-17-7-9-19(10-8-17)23-16(2)24/h3-10H,11-14H2,1-2H3,(H,22,25)(H,23,24). The molecule has 2 amide bonds. The molecule has 142 valence electrons. The van der Waals surface area contributed by atoms with Crippen LogP contribution in [0.25, 0.3) is 0 Å². The monoisotopic (exact) mass is 368 g/mol. The van der Waals surface area contributed by atoms with Gasteiger partial charge in [0.1, 0.15) is 0 Å². The molecule has 0 fully saturated rings. The second-order valence-electron chi connectivity index (χ2n) is 6.24. The Morgan fingerprint density at radius 2 is 1.70 bits per heavy atom. The molecule has 27 heavy (non-hydrogen) atoms. The van der Waals surface area contributed by atoms with Crippen LogP contribution in [-0.4, -0.2) is 30.9 Å². The van der Waals surface area contributed by atoms with Gasteiger partial charge in [0.2, 0.25) is 5.91 Å². The van der Waals surface area contributed by atoms with Crippen molar-refractivity contribution < 1.29 is 19.1 Å². The summed E-state index contributed by atoms with van der Waals surface area (Å²) in [7, 11) is 0. The van der Waals surface area contributed by atoms with Crippen LogP contribution in [0, 0.1) is 6.92 Å². The molecule has 0 unspecified atom stereocenters. The Labute approximate surface area is 158 Å². The lowest BCUT2D eigenvalue weighted by atomic mass is 10.1. The summed E-state index contributed by atoms with van der Waals surface area (Å²) in [5.74, 6) is -0.954. The fourth-order valence-corrected chi connectivity index (χ4v) is 2.55. The summed E-state index contributed by atoms with van der Waals surface area (Å²) in [5.41, 5.74) is 3.77. The number of rotatable bonds is 8.